The number of anilines is 1. The third kappa shape index (κ3) is 8.41. The van der Waals surface area contributed by atoms with Gasteiger partial charge < -0.3 is 14.3 Å². The van der Waals surface area contributed by atoms with Crippen LogP contribution in [0.3, 0.4) is 0 Å². The van der Waals surface area contributed by atoms with Gasteiger partial charge in [0.05, 0.1) is 30.3 Å². The van der Waals surface area contributed by atoms with Crippen molar-refractivity contribution in [2.45, 2.75) is 33.4 Å². The van der Waals surface area contributed by atoms with E-state index in [4.69, 9.17) is 14.3 Å². The summed E-state index contributed by atoms with van der Waals surface area (Å²) < 4.78 is 49.0. The van der Waals surface area contributed by atoms with Gasteiger partial charge in [0.25, 0.3) is 0 Å². The highest BCUT2D eigenvalue weighted by Gasteiger charge is 2.30. The smallest absolute Gasteiger partial charge is 0.416 e. The van der Waals surface area contributed by atoms with E-state index in [1.165, 1.54) is 24.1 Å². The topological polar surface area (TPSA) is 85.1 Å². The number of rotatable bonds is 11. The summed E-state index contributed by atoms with van der Waals surface area (Å²) in [5.41, 5.74) is 2.24. The lowest BCUT2D eigenvalue weighted by molar-refractivity contribution is -0.137. The summed E-state index contributed by atoms with van der Waals surface area (Å²) in [7, 11) is 1.33. The lowest BCUT2D eigenvalue weighted by Crippen LogP contribution is -2.31. The molecule has 0 heterocycles. The highest BCUT2D eigenvalue weighted by atomic mass is 19.4. The first kappa shape index (κ1) is 30.9. The summed E-state index contributed by atoms with van der Waals surface area (Å²) in [6.07, 6.45) is -2.86. The summed E-state index contributed by atoms with van der Waals surface area (Å²) in [4.78, 5) is 19.0. The SMILES string of the molecule is CCO\N=C(/C(CC)=N/N=C/c1ccccc1N(CC)C(=O)OC)c1ccc(Oc2ccc(C(F)(F)F)cc2)cc1. The molecule has 216 valence electrons. The molecule has 0 N–H and O–H groups in total. The second-order valence-electron chi connectivity index (χ2n) is 8.42. The molecule has 0 aliphatic rings. The van der Waals surface area contributed by atoms with Crippen LogP contribution in [0.15, 0.2) is 88.2 Å². The molecule has 8 nitrogen and oxygen atoms in total. The van der Waals surface area contributed by atoms with Crippen LogP contribution in [0.1, 0.15) is 43.9 Å². The normalized spacial score (nSPS) is 12.4. The van der Waals surface area contributed by atoms with Gasteiger partial charge in [0, 0.05) is 17.7 Å². The maximum absolute atomic E-state index is 12.8. The average Bonchev–Trinajstić information content (AvgIpc) is 2.97. The molecule has 0 atom stereocenters. The van der Waals surface area contributed by atoms with E-state index in [2.05, 4.69) is 15.4 Å². The van der Waals surface area contributed by atoms with E-state index >= 15 is 0 Å². The fourth-order valence-electron chi connectivity index (χ4n) is 3.73. The Hall–Kier alpha value is -4.67. The zero-order valence-corrected chi connectivity index (χ0v) is 23.2. The zero-order valence-electron chi connectivity index (χ0n) is 23.2. The van der Waals surface area contributed by atoms with Gasteiger partial charge in [-0.25, -0.2) is 4.79 Å². The minimum atomic E-state index is -4.42. The number of nitrogens with zero attached hydrogens (tertiary/aromatic N) is 4. The van der Waals surface area contributed by atoms with Crippen molar-refractivity contribution in [1.29, 1.82) is 0 Å². The second kappa shape index (κ2) is 14.6. The van der Waals surface area contributed by atoms with Crippen molar-refractivity contribution in [2.24, 2.45) is 15.4 Å². The Kier molecular flexibility index (Phi) is 11.0. The summed E-state index contributed by atoms with van der Waals surface area (Å²) >= 11 is 0. The molecule has 0 unspecified atom stereocenters. The Morgan fingerprint density at radius 3 is 2.12 bits per heavy atom. The number of benzene rings is 3. The number of methoxy groups -OCH3 is 1. The molecule has 0 aromatic heterocycles. The van der Waals surface area contributed by atoms with E-state index in [-0.39, 0.29) is 5.75 Å². The summed E-state index contributed by atoms with van der Waals surface area (Å²) in [6.45, 7) is 6.30. The largest absolute Gasteiger partial charge is 0.457 e. The number of para-hydroxylation sites is 1. The molecular weight excluding hydrogens is 537 g/mol. The molecule has 0 fully saturated rings. The zero-order chi connectivity index (χ0) is 29.8. The Morgan fingerprint density at radius 1 is 0.927 bits per heavy atom. The first-order chi connectivity index (χ1) is 19.7. The molecule has 3 aromatic rings. The molecule has 1 amide bonds. The number of halogens is 3. The van der Waals surface area contributed by atoms with Gasteiger partial charge in [0.15, 0.2) is 0 Å². The quantitative estimate of drug-likeness (QED) is 0.175. The number of hydrogen-bond acceptors (Lipinski definition) is 7. The van der Waals surface area contributed by atoms with E-state index in [1.54, 1.807) is 43.5 Å². The van der Waals surface area contributed by atoms with Gasteiger partial charge in [0.1, 0.15) is 23.8 Å². The Labute approximate surface area is 236 Å². The number of carbonyl (C=O) groups is 1. The number of oxime groups is 1. The van der Waals surface area contributed by atoms with Gasteiger partial charge in [0.2, 0.25) is 0 Å². The number of alkyl halides is 3. The van der Waals surface area contributed by atoms with Crippen LogP contribution in [-0.4, -0.2) is 44.0 Å². The van der Waals surface area contributed by atoms with Crippen LogP contribution in [0.4, 0.5) is 23.7 Å². The maximum Gasteiger partial charge on any atom is 0.416 e. The van der Waals surface area contributed by atoms with Crippen molar-refractivity contribution < 1.29 is 32.3 Å². The lowest BCUT2D eigenvalue weighted by atomic mass is 10.0. The van der Waals surface area contributed by atoms with Crippen molar-refractivity contribution in [3.63, 3.8) is 0 Å². The summed E-state index contributed by atoms with van der Waals surface area (Å²) in [6, 6.07) is 18.6. The molecule has 0 spiro atoms. The molecule has 3 rings (SSSR count). The standard InChI is InChI=1S/C30H31F3N4O4/c1-5-26(35-34-20-22-10-8-9-11-27(22)37(6-2)29(38)39-4)28(36-40-7-3)21-12-16-24(17-13-21)41-25-18-14-23(15-19-25)30(31,32)33/h8-20H,5-7H2,1-4H3/b34-20+,35-26+,36-28-. The molecule has 0 saturated heterocycles. The third-order valence-corrected chi connectivity index (χ3v) is 5.75. The van der Waals surface area contributed by atoms with E-state index in [0.717, 1.165) is 12.1 Å². The third-order valence-electron chi connectivity index (χ3n) is 5.75. The predicted octanol–water partition coefficient (Wildman–Crippen LogP) is 7.72. The maximum atomic E-state index is 12.8. The van der Waals surface area contributed by atoms with Gasteiger partial charge >= 0.3 is 12.3 Å². The van der Waals surface area contributed by atoms with Crippen LogP contribution >= 0.6 is 0 Å². The van der Waals surface area contributed by atoms with Crippen LogP contribution in [-0.2, 0) is 15.8 Å². The van der Waals surface area contributed by atoms with Crippen molar-refractivity contribution in [2.75, 3.05) is 25.2 Å². The molecule has 0 aliphatic heterocycles. The predicted molar refractivity (Wildman–Crippen MR) is 153 cm³/mol. The molecule has 0 aliphatic carbocycles. The van der Waals surface area contributed by atoms with Crippen LogP contribution in [0.25, 0.3) is 0 Å². The Morgan fingerprint density at radius 2 is 1.56 bits per heavy atom. The highest BCUT2D eigenvalue weighted by molar-refractivity contribution is 6.48. The Balaban J connectivity index is 1.84. The first-order valence-electron chi connectivity index (χ1n) is 12.9. The molecule has 0 radical (unpaired) electrons. The van der Waals surface area contributed by atoms with Crippen molar-refractivity contribution >= 4 is 29.4 Å². The van der Waals surface area contributed by atoms with E-state index in [1.807, 2.05) is 32.0 Å². The fraction of sp³-hybridized carbons (Fsp3) is 0.267. The van der Waals surface area contributed by atoms with E-state index < -0.39 is 17.8 Å². The van der Waals surface area contributed by atoms with Crippen LogP contribution in [0.5, 0.6) is 11.5 Å². The number of amides is 1. The molecule has 41 heavy (non-hydrogen) atoms. The summed E-state index contributed by atoms with van der Waals surface area (Å²) in [5.74, 6) is 0.702. The molecule has 3 aromatic carbocycles. The monoisotopic (exact) mass is 568 g/mol. The van der Waals surface area contributed by atoms with Gasteiger partial charge in [-0.3, -0.25) is 4.90 Å². The van der Waals surface area contributed by atoms with Crippen molar-refractivity contribution in [3.05, 3.63) is 89.5 Å². The first-order valence-corrected chi connectivity index (χ1v) is 12.9. The lowest BCUT2D eigenvalue weighted by Gasteiger charge is -2.20. The number of hydrogen-bond donors (Lipinski definition) is 0. The van der Waals surface area contributed by atoms with Gasteiger partial charge in [-0.15, -0.1) is 0 Å². The number of ether oxygens (including phenoxy) is 2. The minimum Gasteiger partial charge on any atom is -0.457 e. The number of carbonyl (C=O) groups excluding carboxylic acids is 1. The second-order valence-corrected chi connectivity index (χ2v) is 8.42. The fourth-order valence-corrected chi connectivity index (χ4v) is 3.73. The van der Waals surface area contributed by atoms with Crippen LogP contribution in [0, 0.1) is 0 Å². The van der Waals surface area contributed by atoms with Crippen LogP contribution < -0.4 is 9.64 Å². The molecule has 11 heteroatoms. The van der Waals surface area contributed by atoms with Gasteiger partial charge in [-0.1, -0.05) is 30.3 Å². The highest BCUT2D eigenvalue weighted by Crippen LogP contribution is 2.31. The minimum absolute atomic E-state index is 0.272. The Bertz CT molecular complexity index is 1390. The molecule has 0 bridgehead atoms. The van der Waals surface area contributed by atoms with Crippen molar-refractivity contribution in [1.82, 2.24) is 0 Å². The summed E-state index contributed by atoms with van der Waals surface area (Å²) in [5, 5.41) is 12.9. The average molecular weight is 569 g/mol. The van der Waals surface area contributed by atoms with Gasteiger partial charge in [-0.2, -0.15) is 23.4 Å². The van der Waals surface area contributed by atoms with E-state index in [9.17, 15) is 18.0 Å². The van der Waals surface area contributed by atoms with Crippen LogP contribution in [0.2, 0.25) is 0 Å². The van der Waals surface area contributed by atoms with Crippen molar-refractivity contribution in [3.8, 4) is 11.5 Å². The van der Waals surface area contributed by atoms with E-state index in [0.29, 0.717) is 53.6 Å². The molecule has 0 saturated carbocycles. The van der Waals surface area contributed by atoms with Gasteiger partial charge in [-0.05, 0) is 74.9 Å². The molecular formula is C30H31F3N4O4.